The second kappa shape index (κ2) is 4.60. The molecule has 23 heavy (non-hydrogen) atoms. The lowest BCUT2D eigenvalue weighted by atomic mass is 9.81. The minimum atomic E-state index is -1.42. The first-order chi connectivity index (χ1) is 10.9. The average molecular weight is 321 g/mol. The maximum atomic E-state index is 10.9. The van der Waals surface area contributed by atoms with Gasteiger partial charge in [0.2, 0.25) is 0 Å². The molecular formula is C14H19N5O4. The zero-order chi connectivity index (χ0) is 16.4. The molecule has 0 radical (unpaired) electrons. The van der Waals surface area contributed by atoms with E-state index in [1.165, 1.54) is 6.33 Å². The molecule has 0 spiro atoms. The Morgan fingerprint density at radius 3 is 2.91 bits per heavy atom. The van der Waals surface area contributed by atoms with Gasteiger partial charge in [0.05, 0.1) is 18.5 Å². The molecule has 4 rings (SSSR count). The van der Waals surface area contributed by atoms with Crippen molar-refractivity contribution in [3.8, 4) is 0 Å². The van der Waals surface area contributed by atoms with Gasteiger partial charge in [0, 0.05) is 18.9 Å². The molecule has 2 aliphatic rings. The van der Waals surface area contributed by atoms with Crippen LogP contribution in [0.25, 0.3) is 11.2 Å². The monoisotopic (exact) mass is 321 g/mol. The van der Waals surface area contributed by atoms with Crippen molar-refractivity contribution < 1.29 is 20.1 Å². The summed E-state index contributed by atoms with van der Waals surface area (Å²) in [5.41, 5.74) is 3.98. The van der Waals surface area contributed by atoms with E-state index < -0.39 is 29.3 Å². The summed E-state index contributed by atoms with van der Waals surface area (Å²) in [5.74, 6) is -0.362. The van der Waals surface area contributed by atoms with Crippen LogP contribution in [0.3, 0.4) is 0 Å². The summed E-state index contributed by atoms with van der Waals surface area (Å²) in [6.45, 7) is 2.11. The van der Waals surface area contributed by atoms with Crippen LogP contribution in [-0.4, -0.2) is 64.9 Å². The standard InChI is InChI=1S/C14H19N5O4/c1-13(21)7(14(22)2-3-23-10(13)9(14)20)4-19-6-18-8-11(15)16-5-17-12(8)19/h5-7,9-10,20-22H,2-4H2,1H3,(H2,15,16,17)/t7-,9-,10-,13-,14-/m1/s1. The number of rotatable bonds is 2. The third-order valence-electron chi connectivity index (χ3n) is 5.29. The molecular weight excluding hydrogens is 302 g/mol. The van der Waals surface area contributed by atoms with E-state index in [1.807, 2.05) is 0 Å². The van der Waals surface area contributed by atoms with Gasteiger partial charge in [0.15, 0.2) is 11.5 Å². The summed E-state index contributed by atoms with van der Waals surface area (Å²) in [6.07, 6.45) is 1.19. The van der Waals surface area contributed by atoms with E-state index in [4.69, 9.17) is 10.5 Å². The van der Waals surface area contributed by atoms with E-state index in [-0.39, 0.29) is 18.8 Å². The van der Waals surface area contributed by atoms with Gasteiger partial charge in [-0.15, -0.1) is 0 Å². The summed E-state index contributed by atoms with van der Waals surface area (Å²) >= 11 is 0. The second-order valence-corrected chi connectivity index (χ2v) is 6.58. The Morgan fingerprint density at radius 1 is 1.39 bits per heavy atom. The van der Waals surface area contributed by atoms with Crippen LogP contribution in [0.5, 0.6) is 0 Å². The van der Waals surface area contributed by atoms with Crippen LogP contribution >= 0.6 is 0 Å². The van der Waals surface area contributed by atoms with Crippen LogP contribution in [0.15, 0.2) is 12.7 Å². The summed E-state index contributed by atoms with van der Waals surface area (Å²) in [6, 6.07) is 0. The van der Waals surface area contributed by atoms with Gasteiger partial charge in [-0.25, -0.2) is 15.0 Å². The van der Waals surface area contributed by atoms with Crippen LogP contribution in [0.1, 0.15) is 13.3 Å². The predicted molar refractivity (Wildman–Crippen MR) is 79.2 cm³/mol. The largest absolute Gasteiger partial charge is 0.387 e. The quantitative estimate of drug-likeness (QED) is 0.533. The fourth-order valence-electron chi connectivity index (χ4n) is 4.00. The maximum Gasteiger partial charge on any atom is 0.165 e. The van der Waals surface area contributed by atoms with Crippen molar-refractivity contribution in [2.45, 2.75) is 43.3 Å². The number of nitrogen functional groups attached to an aromatic ring is 1. The highest BCUT2D eigenvalue weighted by molar-refractivity contribution is 5.81. The first kappa shape index (κ1) is 14.8. The smallest absolute Gasteiger partial charge is 0.165 e. The molecule has 3 heterocycles. The average Bonchev–Trinajstić information content (AvgIpc) is 2.93. The number of hydrogen-bond donors (Lipinski definition) is 4. The number of anilines is 1. The minimum Gasteiger partial charge on any atom is -0.387 e. The van der Waals surface area contributed by atoms with Crippen LogP contribution in [0.4, 0.5) is 5.82 Å². The number of aromatic nitrogens is 4. The van der Waals surface area contributed by atoms with Crippen molar-refractivity contribution in [1.82, 2.24) is 19.5 Å². The van der Waals surface area contributed by atoms with E-state index in [1.54, 1.807) is 17.8 Å². The zero-order valence-electron chi connectivity index (χ0n) is 12.6. The molecule has 2 aromatic rings. The molecule has 1 aliphatic carbocycles. The third-order valence-corrected chi connectivity index (χ3v) is 5.29. The molecule has 5 N–H and O–H groups in total. The number of hydrogen-bond acceptors (Lipinski definition) is 8. The second-order valence-electron chi connectivity index (χ2n) is 6.58. The SMILES string of the molecule is C[C@]1(O)[C@@H]2OCC[C@](O)([C@@H]2O)[C@@H]1Cn1cnc2c(N)ncnc21. The Bertz CT molecular complexity index is 763. The van der Waals surface area contributed by atoms with Crippen LogP contribution < -0.4 is 5.73 Å². The van der Waals surface area contributed by atoms with Crippen molar-refractivity contribution in [1.29, 1.82) is 0 Å². The number of nitrogens with two attached hydrogens (primary N) is 1. The Labute approximate surface area is 131 Å². The first-order valence-corrected chi connectivity index (χ1v) is 7.51. The van der Waals surface area contributed by atoms with Crippen molar-refractivity contribution in [3.05, 3.63) is 12.7 Å². The molecule has 1 saturated carbocycles. The van der Waals surface area contributed by atoms with Crippen LogP contribution in [0, 0.1) is 5.92 Å². The molecule has 0 unspecified atom stereocenters. The number of aliphatic hydroxyl groups excluding tert-OH is 1. The molecule has 0 aromatic carbocycles. The Kier molecular flexibility index (Phi) is 2.95. The number of aliphatic hydroxyl groups is 3. The summed E-state index contributed by atoms with van der Waals surface area (Å²) < 4.78 is 7.19. The van der Waals surface area contributed by atoms with Gasteiger partial charge in [0.25, 0.3) is 0 Å². The van der Waals surface area contributed by atoms with Crippen molar-refractivity contribution in [2.75, 3.05) is 12.3 Å². The topological polar surface area (TPSA) is 140 Å². The summed E-state index contributed by atoms with van der Waals surface area (Å²) in [7, 11) is 0. The molecule has 2 bridgehead atoms. The predicted octanol–water partition coefficient (Wildman–Crippen LogP) is -1.33. The minimum absolute atomic E-state index is 0.230. The van der Waals surface area contributed by atoms with Gasteiger partial charge in [0.1, 0.15) is 29.7 Å². The van der Waals surface area contributed by atoms with E-state index in [9.17, 15) is 15.3 Å². The molecule has 5 atom stereocenters. The summed E-state index contributed by atoms with van der Waals surface area (Å²) in [4.78, 5) is 12.3. The number of imidazole rings is 1. The molecule has 2 aromatic heterocycles. The number of ether oxygens (including phenoxy) is 1. The lowest BCUT2D eigenvalue weighted by Gasteiger charge is -2.36. The highest BCUT2D eigenvalue weighted by atomic mass is 16.5. The van der Waals surface area contributed by atoms with Gasteiger partial charge < -0.3 is 30.4 Å². The first-order valence-electron chi connectivity index (χ1n) is 7.51. The molecule has 9 heteroatoms. The lowest BCUT2D eigenvalue weighted by molar-refractivity contribution is -0.170. The van der Waals surface area contributed by atoms with E-state index in [0.717, 1.165) is 0 Å². The maximum absolute atomic E-state index is 10.9. The van der Waals surface area contributed by atoms with E-state index in [0.29, 0.717) is 17.8 Å². The lowest BCUT2D eigenvalue weighted by Crippen LogP contribution is -2.51. The van der Waals surface area contributed by atoms with Gasteiger partial charge in [-0.05, 0) is 6.92 Å². The highest BCUT2D eigenvalue weighted by Gasteiger charge is 2.67. The molecule has 9 nitrogen and oxygen atoms in total. The zero-order valence-corrected chi connectivity index (χ0v) is 12.6. The van der Waals surface area contributed by atoms with Crippen molar-refractivity contribution >= 4 is 17.0 Å². The Morgan fingerprint density at radius 2 is 2.17 bits per heavy atom. The fraction of sp³-hybridized carbons (Fsp3) is 0.643. The van der Waals surface area contributed by atoms with Gasteiger partial charge in [-0.3, -0.25) is 0 Å². The van der Waals surface area contributed by atoms with Gasteiger partial charge >= 0.3 is 0 Å². The Balaban J connectivity index is 1.76. The molecule has 2 fully saturated rings. The Hall–Kier alpha value is -1.81. The number of fused-ring (bicyclic) bond motifs is 3. The number of nitrogens with zero attached hydrogens (tertiary/aromatic N) is 4. The highest BCUT2D eigenvalue weighted by Crippen LogP contribution is 2.50. The molecule has 124 valence electrons. The van der Waals surface area contributed by atoms with Crippen molar-refractivity contribution in [3.63, 3.8) is 0 Å². The van der Waals surface area contributed by atoms with Gasteiger partial charge in [-0.1, -0.05) is 0 Å². The van der Waals surface area contributed by atoms with Crippen molar-refractivity contribution in [2.24, 2.45) is 5.92 Å². The van der Waals surface area contributed by atoms with E-state index in [2.05, 4.69) is 15.0 Å². The molecule has 0 amide bonds. The van der Waals surface area contributed by atoms with E-state index >= 15 is 0 Å². The summed E-state index contributed by atoms with van der Waals surface area (Å²) in [5, 5.41) is 32.1. The fourth-order valence-corrected chi connectivity index (χ4v) is 4.00. The van der Waals surface area contributed by atoms with Crippen LogP contribution in [-0.2, 0) is 11.3 Å². The molecule has 1 saturated heterocycles. The van der Waals surface area contributed by atoms with Gasteiger partial charge in [-0.2, -0.15) is 0 Å². The normalized spacial score (nSPS) is 39.9. The molecule has 1 aliphatic heterocycles. The van der Waals surface area contributed by atoms with Crippen LogP contribution in [0.2, 0.25) is 0 Å². The third kappa shape index (κ3) is 1.84.